The van der Waals surface area contributed by atoms with Crippen LogP contribution in [0.3, 0.4) is 0 Å². The maximum Gasteiger partial charge on any atom is 0.312 e. The van der Waals surface area contributed by atoms with Gasteiger partial charge in [0.2, 0.25) is 8.03 Å². The Hall–Kier alpha value is -0.380. The summed E-state index contributed by atoms with van der Waals surface area (Å²) in [6, 6.07) is 0. The van der Waals surface area contributed by atoms with Crippen LogP contribution < -0.4 is 5.73 Å². The molecule has 0 fully saturated rings. The first-order valence-corrected chi connectivity index (χ1v) is 6.26. The highest BCUT2D eigenvalue weighted by atomic mass is 31.1. The number of aliphatic carboxylic acids is 1. The van der Waals surface area contributed by atoms with Crippen LogP contribution in [0.1, 0.15) is 25.7 Å². The van der Waals surface area contributed by atoms with E-state index in [0.717, 1.165) is 25.7 Å². The Morgan fingerprint density at radius 1 is 1.29 bits per heavy atom. The van der Waals surface area contributed by atoms with E-state index in [1.165, 1.54) is 0 Å². The first-order valence-electron chi connectivity index (χ1n) is 4.74. The van der Waals surface area contributed by atoms with Crippen molar-refractivity contribution in [1.29, 1.82) is 0 Å². The van der Waals surface area contributed by atoms with Crippen LogP contribution in [0.15, 0.2) is 0 Å². The first-order chi connectivity index (χ1) is 6.66. The van der Waals surface area contributed by atoms with Crippen molar-refractivity contribution in [1.82, 2.24) is 0 Å². The maximum absolute atomic E-state index is 10.9. The smallest absolute Gasteiger partial charge is 0.312 e. The Morgan fingerprint density at radius 3 is 2.50 bits per heavy atom. The summed E-state index contributed by atoms with van der Waals surface area (Å²) in [5.74, 6) is -1.07. The zero-order chi connectivity index (χ0) is 10.8. The van der Waals surface area contributed by atoms with Crippen molar-refractivity contribution < 1.29 is 19.0 Å². The molecule has 0 aromatic heterocycles. The lowest BCUT2D eigenvalue weighted by Crippen LogP contribution is -2.00. The van der Waals surface area contributed by atoms with Crippen molar-refractivity contribution in [3.8, 4) is 0 Å². The second-order valence-corrected chi connectivity index (χ2v) is 4.38. The van der Waals surface area contributed by atoms with Crippen molar-refractivity contribution in [3.63, 3.8) is 0 Å². The fourth-order valence-electron chi connectivity index (χ4n) is 0.960. The number of carbonyl (C=O) groups is 1. The predicted molar refractivity (Wildman–Crippen MR) is 55.0 cm³/mol. The molecule has 5 nitrogen and oxygen atoms in total. The highest BCUT2D eigenvalue weighted by molar-refractivity contribution is 7.40. The molecule has 14 heavy (non-hydrogen) atoms. The van der Waals surface area contributed by atoms with Crippen LogP contribution in [0.25, 0.3) is 0 Å². The standard InChI is InChI=1S/C8H18NO4P/c9-5-3-1-2-4-6-13-14(12)7-8(10)11/h14H,1-7,9H2,(H,10,11). The fraction of sp³-hybridized carbons (Fsp3) is 0.875. The van der Waals surface area contributed by atoms with E-state index >= 15 is 0 Å². The predicted octanol–water partition coefficient (Wildman–Crippen LogP) is 1.08. The maximum atomic E-state index is 10.9. The monoisotopic (exact) mass is 223 g/mol. The molecule has 0 rings (SSSR count). The molecule has 0 aliphatic heterocycles. The first kappa shape index (κ1) is 13.6. The minimum Gasteiger partial charge on any atom is -0.481 e. The molecule has 0 aliphatic rings. The van der Waals surface area contributed by atoms with E-state index in [9.17, 15) is 9.36 Å². The third kappa shape index (κ3) is 9.71. The van der Waals surface area contributed by atoms with E-state index in [2.05, 4.69) is 0 Å². The summed E-state index contributed by atoms with van der Waals surface area (Å²) in [6.07, 6.45) is 3.47. The topological polar surface area (TPSA) is 89.6 Å². The molecular weight excluding hydrogens is 205 g/mol. The minimum atomic E-state index is -2.36. The number of hydrogen-bond donors (Lipinski definition) is 2. The van der Waals surface area contributed by atoms with Crippen LogP contribution in [-0.4, -0.2) is 30.4 Å². The summed E-state index contributed by atoms with van der Waals surface area (Å²) in [5, 5.41) is 8.29. The number of hydrogen-bond acceptors (Lipinski definition) is 4. The van der Waals surface area contributed by atoms with Crippen LogP contribution >= 0.6 is 8.03 Å². The Kier molecular flexibility index (Phi) is 8.94. The van der Waals surface area contributed by atoms with Gasteiger partial charge in [-0.25, -0.2) is 0 Å². The fourth-order valence-corrected chi connectivity index (χ4v) is 1.68. The number of carboxylic acids is 1. The van der Waals surface area contributed by atoms with Gasteiger partial charge in [-0.1, -0.05) is 12.8 Å². The average molecular weight is 223 g/mol. The molecule has 0 saturated carbocycles. The second kappa shape index (κ2) is 9.19. The molecule has 0 aromatic carbocycles. The number of unbranched alkanes of at least 4 members (excludes halogenated alkanes) is 3. The van der Waals surface area contributed by atoms with Crippen LogP contribution in [0.5, 0.6) is 0 Å². The molecule has 0 saturated heterocycles. The SMILES string of the molecule is NCCCCCCO[PH](=O)CC(=O)O. The van der Waals surface area contributed by atoms with Gasteiger partial charge in [0, 0.05) is 0 Å². The molecule has 0 aromatic rings. The third-order valence-corrected chi connectivity index (χ3v) is 2.77. The van der Waals surface area contributed by atoms with Crippen molar-refractivity contribution in [2.75, 3.05) is 19.3 Å². The Bertz CT molecular complexity index is 186. The van der Waals surface area contributed by atoms with Gasteiger partial charge in [0.05, 0.1) is 6.61 Å². The molecule has 0 radical (unpaired) electrons. The Morgan fingerprint density at radius 2 is 1.93 bits per heavy atom. The number of nitrogens with two attached hydrogens (primary N) is 1. The molecule has 1 unspecified atom stereocenters. The van der Waals surface area contributed by atoms with Crippen molar-refractivity contribution >= 4 is 14.0 Å². The number of rotatable bonds is 9. The summed E-state index contributed by atoms with van der Waals surface area (Å²) >= 11 is 0. The summed E-state index contributed by atoms with van der Waals surface area (Å²) in [7, 11) is -2.36. The van der Waals surface area contributed by atoms with E-state index in [4.69, 9.17) is 15.4 Å². The van der Waals surface area contributed by atoms with Gasteiger partial charge in [-0.05, 0) is 19.4 Å². The highest BCUT2D eigenvalue weighted by Gasteiger charge is 2.04. The van der Waals surface area contributed by atoms with Gasteiger partial charge in [-0.2, -0.15) is 0 Å². The van der Waals surface area contributed by atoms with E-state index in [0.29, 0.717) is 13.2 Å². The summed E-state index contributed by atoms with van der Waals surface area (Å²) < 4.78 is 15.8. The van der Waals surface area contributed by atoms with Gasteiger partial charge in [0.15, 0.2) is 0 Å². The molecule has 0 bridgehead atoms. The van der Waals surface area contributed by atoms with Gasteiger partial charge in [-0.15, -0.1) is 0 Å². The van der Waals surface area contributed by atoms with E-state index < -0.39 is 14.0 Å². The Labute approximate surface area is 84.5 Å². The lowest BCUT2D eigenvalue weighted by atomic mass is 10.2. The summed E-state index contributed by atoms with van der Waals surface area (Å²) in [4.78, 5) is 10.1. The van der Waals surface area contributed by atoms with Gasteiger partial charge in [0.25, 0.3) is 0 Å². The molecule has 6 heteroatoms. The van der Waals surface area contributed by atoms with Gasteiger partial charge < -0.3 is 15.4 Å². The normalized spacial score (nSPS) is 12.6. The third-order valence-electron chi connectivity index (χ3n) is 1.66. The quantitative estimate of drug-likeness (QED) is 0.451. The molecule has 0 spiro atoms. The minimum absolute atomic E-state index is 0.368. The van der Waals surface area contributed by atoms with Crippen LogP contribution in [-0.2, 0) is 13.9 Å². The van der Waals surface area contributed by atoms with Gasteiger partial charge in [-0.3, -0.25) is 9.36 Å². The molecule has 0 heterocycles. The van der Waals surface area contributed by atoms with Crippen molar-refractivity contribution in [2.24, 2.45) is 5.73 Å². The van der Waals surface area contributed by atoms with E-state index in [1.54, 1.807) is 0 Å². The summed E-state index contributed by atoms with van der Waals surface area (Å²) in [5.41, 5.74) is 5.30. The molecule has 3 N–H and O–H groups in total. The van der Waals surface area contributed by atoms with Gasteiger partial charge in [0.1, 0.15) is 6.16 Å². The Balaban J connectivity index is 3.19. The lowest BCUT2D eigenvalue weighted by molar-refractivity contribution is -0.134. The zero-order valence-electron chi connectivity index (χ0n) is 8.20. The largest absolute Gasteiger partial charge is 0.481 e. The molecule has 1 atom stereocenters. The van der Waals surface area contributed by atoms with Crippen LogP contribution in [0, 0.1) is 0 Å². The summed E-state index contributed by atoms with van der Waals surface area (Å²) in [6.45, 7) is 1.08. The van der Waals surface area contributed by atoms with Gasteiger partial charge >= 0.3 is 5.97 Å². The van der Waals surface area contributed by atoms with Crippen LogP contribution in [0.2, 0.25) is 0 Å². The van der Waals surface area contributed by atoms with E-state index in [-0.39, 0.29) is 6.16 Å². The number of carboxylic acid groups (broad SMARTS) is 1. The average Bonchev–Trinajstić information content (AvgIpc) is 2.10. The lowest BCUT2D eigenvalue weighted by Gasteiger charge is -2.01. The molecule has 0 aliphatic carbocycles. The molecule has 0 amide bonds. The van der Waals surface area contributed by atoms with Crippen molar-refractivity contribution in [2.45, 2.75) is 25.7 Å². The zero-order valence-corrected chi connectivity index (χ0v) is 9.20. The van der Waals surface area contributed by atoms with E-state index in [1.807, 2.05) is 0 Å². The highest BCUT2D eigenvalue weighted by Crippen LogP contribution is 2.21. The van der Waals surface area contributed by atoms with Crippen molar-refractivity contribution in [3.05, 3.63) is 0 Å². The molecule has 84 valence electrons. The molecular formula is C8H18NO4P. The van der Waals surface area contributed by atoms with Crippen LogP contribution in [0.4, 0.5) is 0 Å². The second-order valence-electron chi connectivity index (χ2n) is 2.99.